The fraction of sp³-hybridized carbons (Fsp3) is 0.222. The minimum atomic E-state index is -1.09. The molecule has 0 aliphatic heterocycles. The van der Waals surface area contributed by atoms with Gasteiger partial charge >= 0.3 is 5.97 Å². The second-order valence-corrected chi connectivity index (χ2v) is 3.12. The lowest BCUT2D eigenvalue weighted by Gasteiger charge is -1.94. The zero-order valence-electron chi connectivity index (χ0n) is 8.24. The van der Waals surface area contributed by atoms with E-state index in [4.69, 9.17) is 9.52 Å². The smallest absolute Gasteiger partial charge is 0.356 e. The standard InChI is InChI=1S/C9H9N3O3/c1-4-8(15-3-10-4)6-7(9(13)14)12-5(2)11-6/h3H,1-2H3,(H,11,12)(H,13,14). The number of nitrogens with one attached hydrogen (secondary N) is 1. The van der Waals surface area contributed by atoms with Crippen molar-refractivity contribution in [2.45, 2.75) is 13.8 Å². The van der Waals surface area contributed by atoms with Crippen LogP contribution in [0.4, 0.5) is 0 Å². The fourth-order valence-electron chi connectivity index (χ4n) is 1.35. The van der Waals surface area contributed by atoms with Crippen LogP contribution in [0.1, 0.15) is 22.0 Å². The van der Waals surface area contributed by atoms with Crippen molar-refractivity contribution in [2.24, 2.45) is 0 Å². The fourth-order valence-corrected chi connectivity index (χ4v) is 1.35. The maximum Gasteiger partial charge on any atom is 0.356 e. The number of aromatic carboxylic acids is 1. The number of aryl methyl sites for hydroxylation is 2. The number of nitrogens with zero attached hydrogens (tertiary/aromatic N) is 2. The van der Waals surface area contributed by atoms with Crippen LogP contribution in [0.5, 0.6) is 0 Å². The minimum absolute atomic E-state index is 0.0487. The molecule has 0 spiro atoms. The molecule has 0 fully saturated rings. The van der Waals surface area contributed by atoms with E-state index >= 15 is 0 Å². The van der Waals surface area contributed by atoms with Crippen LogP contribution in [0.3, 0.4) is 0 Å². The van der Waals surface area contributed by atoms with E-state index in [1.165, 1.54) is 6.39 Å². The van der Waals surface area contributed by atoms with Gasteiger partial charge < -0.3 is 14.5 Å². The summed E-state index contributed by atoms with van der Waals surface area (Å²) in [7, 11) is 0. The van der Waals surface area contributed by atoms with E-state index in [2.05, 4.69) is 15.0 Å². The first kappa shape index (κ1) is 9.45. The number of imidazole rings is 1. The van der Waals surface area contributed by atoms with E-state index in [1.54, 1.807) is 13.8 Å². The molecule has 0 radical (unpaired) electrons. The molecule has 0 amide bonds. The van der Waals surface area contributed by atoms with Crippen molar-refractivity contribution in [1.29, 1.82) is 0 Å². The number of hydrogen-bond donors (Lipinski definition) is 2. The van der Waals surface area contributed by atoms with Gasteiger partial charge in [0, 0.05) is 0 Å². The van der Waals surface area contributed by atoms with E-state index in [-0.39, 0.29) is 5.69 Å². The highest BCUT2D eigenvalue weighted by molar-refractivity contribution is 5.92. The van der Waals surface area contributed by atoms with Gasteiger partial charge in [0.05, 0.1) is 5.69 Å². The van der Waals surface area contributed by atoms with E-state index in [9.17, 15) is 4.79 Å². The van der Waals surface area contributed by atoms with Gasteiger partial charge in [-0.15, -0.1) is 0 Å². The molecule has 6 heteroatoms. The average Bonchev–Trinajstić information content (AvgIpc) is 2.71. The SMILES string of the molecule is Cc1nc(C(=O)O)c(-c2ocnc2C)[nH]1. The van der Waals surface area contributed by atoms with Crippen molar-refractivity contribution in [2.75, 3.05) is 0 Å². The Labute approximate surface area is 85.0 Å². The molecule has 0 aliphatic rings. The van der Waals surface area contributed by atoms with Crippen LogP contribution in [-0.2, 0) is 0 Å². The number of oxazole rings is 1. The molecular formula is C9H9N3O3. The average molecular weight is 207 g/mol. The van der Waals surface area contributed by atoms with Crippen LogP contribution in [0, 0.1) is 13.8 Å². The maximum atomic E-state index is 10.9. The second kappa shape index (κ2) is 3.23. The number of carboxylic acids is 1. The summed E-state index contributed by atoms with van der Waals surface area (Å²) in [5, 5.41) is 8.92. The van der Waals surface area contributed by atoms with Gasteiger partial charge in [0.2, 0.25) is 0 Å². The predicted octanol–water partition coefficient (Wildman–Crippen LogP) is 1.38. The molecule has 2 N–H and O–H groups in total. The summed E-state index contributed by atoms with van der Waals surface area (Å²) < 4.78 is 5.11. The van der Waals surface area contributed by atoms with Crippen molar-refractivity contribution in [3.05, 3.63) is 23.6 Å². The Hall–Kier alpha value is -2.11. The zero-order chi connectivity index (χ0) is 11.0. The third-order valence-corrected chi connectivity index (χ3v) is 2.00. The molecule has 0 atom stereocenters. The topological polar surface area (TPSA) is 92.0 Å². The first-order valence-electron chi connectivity index (χ1n) is 4.30. The molecule has 0 saturated carbocycles. The van der Waals surface area contributed by atoms with Gasteiger partial charge in [-0.3, -0.25) is 0 Å². The summed E-state index contributed by atoms with van der Waals surface area (Å²) in [4.78, 5) is 21.5. The van der Waals surface area contributed by atoms with Gasteiger partial charge in [-0.2, -0.15) is 0 Å². The highest BCUT2D eigenvalue weighted by atomic mass is 16.4. The number of carboxylic acid groups (broad SMARTS) is 1. The quantitative estimate of drug-likeness (QED) is 0.776. The highest BCUT2D eigenvalue weighted by Gasteiger charge is 2.20. The number of rotatable bonds is 2. The predicted molar refractivity (Wildman–Crippen MR) is 50.5 cm³/mol. The summed E-state index contributed by atoms with van der Waals surface area (Å²) in [5.41, 5.74) is 0.934. The first-order valence-corrected chi connectivity index (χ1v) is 4.30. The Balaban J connectivity index is 2.62. The summed E-state index contributed by atoms with van der Waals surface area (Å²) in [6.07, 6.45) is 1.27. The molecule has 0 aromatic carbocycles. The Morgan fingerprint density at radius 3 is 2.80 bits per heavy atom. The molecule has 0 unspecified atom stereocenters. The van der Waals surface area contributed by atoms with E-state index in [0.29, 0.717) is 23.0 Å². The van der Waals surface area contributed by atoms with Gasteiger partial charge in [-0.05, 0) is 13.8 Å². The molecule has 15 heavy (non-hydrogen) atoms. The van der Waals surface area contributed by atoms with Crippen LogP contribution in [0.25, 0.3) is 11.5 Å². The van der Waals surface area contributed by atoms with Crippen LogP contribution in [0.2, 0.25) is 0 Å². The first-order chi connectivity index (χ1) is 7.09. The summed E-state index contributed by atoms with van der Waals surface area (Å²) in [6, 6.07) is 0. The third-order valence-electron chi connectivity index (χ3n) is 2.00. The number of carbonyl (C=O) groups is 1. The van der Waals surface area contributed by atoms with Crippen LogP contribution < -0.4 is 0 Å². The Kier molecular flexibility index (Phi) is 2.03. The molecule has 0 saturated heterocycles. The van der Waals surface area contributed by atoms with Gasteiger partial charge in [0.1, 0.15) is 11.5 Å². The molecule has 2 heterocycles. The number of aromatic nitrogens is 3. The zero-order valence-corrected chi connectivity index (χ0v) is 8.24. The molecule has 0 aliphatic carbocycles. The van der Waals surface area contributed by atoms with E-state index in [0.717, 1.165) is 0 Å². The normalized spacial score (nSPS) is 10.5. The maximum absolute atomic E-state index is 10.9. The van der Waals surface area contributed by atoms with Crippen molar-refractivity contribution in [3.63, 3.8) is 0 Å². The van der Waals surface area contributed by atoms with Crippen LogP contribution in [-0.4, -0.2) is 26.0 Å². The molecule has 2 aromatic rings. The number of aromatic amines is 1. The van der Waals surface area contributed by atoms with Gasteiger partial charge in [0.15, 0.2) is 17.8 Å². The van der Waals surface area contributed by atoms with Crippen LogP contribution in [0.15, 0.2) is 10.8 Å². The lowest BCUT2D eigenvalue weighted by atomic mass is 10.2. The molecular weight excluding hydrogens is 198 g/mol. The summed E-state index contributed by atoms with van der Waals surface area (Å²) >= 11 is 0. The lowest BCUT2D eigenvalue weighted by Crippen LogP contribution is -1.99. The van der Waals surface area contributed by atoms with E-state index in [1.807, 2.05) is 0 Å². The molecule has 2 aromatic heterocycles. The van der Waals surface area contributed by atoms with Crippen molar-refractivity contribution >= 4 is 5.97 Å². The third kappa shape index (κ3) is 1.50. The van der Waals surface area contributed by atoms with Crippen molar-refractivity contribution in [1.82, 2.24) is 15.0 Å². The van der Waals surface area contributed by atoms with Gasteiger partial charge in [-0.25, -0.2) is 14.8 Å². The Morgan fingerprint density at radius 2 is 2.27 bits per heavy atom. The molecule has 0 bridgehead atoms. The van der Waals surface area contributed by atoms with Crippen molar-refractivity contribution in [3.8, 4) is 11.5 Å². The van der Waals surface area contributed by atoms with Gasteiger partial charge in [0.25, 0.3) is 0 Å². The van der Waals surface area contributed by atoms with Crippen LogP contribution >= 0.6 is 0 Å². The number of hydrogen-bond acceptors (Lipinski definition) is 4. The lowest BCUT2D eigenvalue weighted by molar-refractivity contribution is 0.0691. The summed E-state index contributed by atoms with van der Waals surface area (Å²) in [6.45, 7) is 3.42. The molecule has 6 nitrogen and oxygen atoms in total. The summed E-state index contributed by atoms with van der Waals surface area (Å²) in [5.74, 6) is -0.156. The van der Waals surface area contributed by atoms with Crippen molar-refractivity contribution < 1.29 is 14.3 Å². The molecule has 2 rings (SSSR count). The minimum Gasteiger partial charge on any atom is -0.476 e. The van der Waals surface area contributed by atoms with E-state index < -0.39 is 5.97 Å². The monoisotopic (exact) mass is 207 g/mol. The largest absolute Gasteiger partial charge is 0.476 e. The Bertz CT molecular complexity index is 512. The molecule has 78 valence electrons. The number of H-pyrrole nitrogens is 1. The second-order valence-electron chi connectivity index (χ2n) is 3.12. The van der Waals surface area contributed by atoms with Gasteiger partial charge in [-0.1, -0.05) is 0 Å². The Morgan fingerprint density at radius 1 is 1.53 bits per heavy atom. The highest BCUT2D eigenvalue weighted by Crippen LogP contribution is 2.24.